The molecule has 0 aliphatic heterocycles. The second-order valence-corrected chi connectivity index (χ2v) is 8.11. The largest absolute Gasteiger partial charge is 0.390 e. The first kappa shape index (κ1) is 26.4. The average molecular weight is 462 g/mol. The third-order valence-electron chi connectivity index (χ3n) is 5.23. The highest BCUT2D eigenvalue weighted by Gasteiger charge is 2.22. The van der Waals surface area contributed by atoms with Gasteiger partial charge in [-0.2, -0.15) is 0 Å². The molecule has 8 heteroatoms. The summed E-state index contributed by atoms with van der Waals surface area (Å²) in [4.78, 5) is 23.3. The van der Waals surface area contributed by atoms with Crippen LogP contribution in [0.4, 0.5) is 8.78 Å². The molecule has 0 heterocycles. The van der Waals surface area contributed by atoms with Gasteiger partial charge >= 0.3 is 0 Å². The Morgan fingerprint density at radius 1 is 1.03 bits per heavy atom. The lowest BCUT2D eigenvalue weighted by Crippen LogP contribution is -2.48. The van der Waals surface area contributed by atoms with E-state index >= 15 is 0 Å². The Morgan fingerprint density at radius 2 is 1.73 bits per heavy atom. The first-order valence-corrected chi connectivity index (χ1v) is 11.2. The zero-order valence-corrected chi connectivity index (χ0v) is 19.2. The highest BCUT2D eigenvalue weighted by atomic mass is 19.1. The molecule has 0 fully saturated rings. The average Bonchev–Trinajstić information content (AvgIpc) is 2.75. The quantitative estimate of drug-likeness (QED) is 0.345. The van der Waals surface area contributed by atoms with Crippen molar-refractivity contribution in [1.29, 1.82) is 0 Å². The lowest BCUT2D eigenvalue weighted by atomic mass is 10.00. The molecule has 2 amide bonds. The minimum absolute atomic E-state index is 0.0697. The summed E-state index contributed by atoms with van der Waals surface area (Å²) in [6.45, 7) is 4.57. The second-order valence-electron chi connectivity index (χ2n) is 8.11. The van der Waals surface area contributed by atoms with Crippen LogP contribution < -0.4 is 16.0 Å². The van der Waals surface area contributed by atoms with Crippen LogP contribution in [0.5, 0.6) is 0 Å². The molecule has 2 atom stereocenters. The summed E-state index contributed by atoms with van der Waals surface area (Å²) < 4.78 is 27.3. The SMILES string of the molecule is CCc1cccc(CNC[C@@H](O)[C@H](Cc2cc(F)cc(F)c2)NC(=O)CCCNC(C)=O)c1. The molecule has 33 heavy (non-hydrogen) atoms. The highest BCUT2D eigenvalue weighted by molar-refractivity contribution is 5.76. The van der Waals surface area contributed by atoms with Gasteiger partial charge < -0.3 is 21.1 Å². The first-order valence-electron chi connectivity index (χ1n) is 11.2. The van der Waals surface area contributed by atoms with Gasteiger partial charge in [0.15, 0.2) is 0 Å². The summed E-state index contributed by atoms with van der Waals surface area (Å²) in [5.41, 5.74) is 2.63. The number of hydrogen-bond donors (Lipinski definition) is 4. The van der Waals surface area contributed by atoms with Crippen molar-refractivity contribution in [2.75, 3.05) is 13.1 Å². The number of rotatable bonds is 13. The molecule has 4 N–H and O–H groups in total. The van der Waals surface area contributed by atoms with E-state index in [0.29, 0.717) is 25.1 Å². The van der Waals surface area contributed by atoms with E-state index in [-0.39, 0.29) is 31.2 Å². The van der Waals surface area contributed by atoms with Crippen LogP contribution in [0.3, 0.4) is 0 Å². The minimum atomic E-state index is -0.981. The van der Waals surface area contributed by atoms with Gasteiger partial charge in [0.25, 0.3) is 0 Å². The maximum Gasteiger partial charge on any atom is 0.220 e. The van der Waals surface area contributed by atoms with Gasteiger partial charge in [-0.3, -0.25) is 9.59 Å². The third kappa shape index (κ3) is 10.1. The maximum atomic E-state index is 13.6. The molecule has 0 saturated carbocycles. The summed E-state index contributed by atoms with van der Waals surface area (Å²) in [6, 6.07) is 10.5. The number of carbonyl (C=O) groups is 2. The predicted octanol–water partition coefficient (Wildman–Crippen LogP) is 2.62. The van der Waals surface area contributed by atoms with E-state index in [0.717, 1.165) is 18.1 Å². The van der Waals surface area contributed by atoms with Crippen LogP contribution >= 0.6 is 0 Å². The van der Waals surface area contributed by atoms with Crippen molar-refractivity contribution in [2.24, 2.45) is 0 Å². The van der Waals surface area contributed by atoms with Gasteiger partial charge in [0.05, 0.1) is 12.1 Å². The zero-order valence-electron chi connectivity index (χ0n) is 19.2. The molecule has 2 aromatic rings. The van der Waals surface area contributed by atoms with Crippen LogP contribution in [0.25, 0.3) is 0 Å². The van der Waals surface area contributed by atoms with E-state index in [1.54, 1.807) is 0 Å². The second kappa shape index (κ2) is 13.6. The molecular weight excluding hydrogens is 428 g/mol. The molecule has 0 radical (unpaired) electrons. The van der Waals surface area contributed by atoms with Crippen molar-refractivity contribution in [3.63, 3.8) is 0 Å². The number of benzene rings is 2. The van der Waals surface area contributed by atoms with Crippen LogP contribution in [-0.2, 0) is 29.0 Å². The van der Waals surface area contributed by atoms with E-state index < -0.39 is 23.8 Å². The molecule has 6 nitrogen and oxygen atoms in total. The molecule has 0 spiro atoms. The van der Waals surface area contributed by atoms with Gasteiger partial charge in [0.1, 0.15) is 11.6 Å². The predicted molar refractivity (Wildman–Crippen MR) is 123 cm³/mol. The van der Waals surface area contributed by atoms with Crippen molar-refractivity contribution in [2.45, 2.75) is 58.2 Å². The smallest absolute Gasteiger partial charge is 0.220 e. The molecule has 0 aromatic heterocycles. The van der Waals surface area contributed by atoms with E-state index in [9.17, 15) is 23.5 Å². The number of halogens is 2. The number of nitrogens with one attached hydrogen (secondary N) is 3. The topological polar surface area (TPSA) is 90.5 Å². The first-order chi connectivity index (χ1) is 15.8. The van der Waals surface area contributed by atoms with Gasteiger partial charge in [-0.05, 0) is 48.1 Å². The monoisotopic (exact) mass is 461 g/mol. The molecule has 180 valence electrons. The highest BCUT2D eigenvalue weighted by Crippen LogP contribution is 2.12. The van der Waals surface area contributed by atoms with Gasteiger partial charge in [-0.25, -0.2) is 8.78 Å². The van der Waals surface area contributed by atoms with Crippen LogP contribution in [0, 0.1) is 11.6 Å². The van der Waals surface area contributed by atoms with E-state index in [2.05, 4.69) is 28.9 Å². The Morgan fingerprint density at radius 3 is 2.39 bits per heavy atom. The summed E-state index contributed by atoms with van der Waals surface area (Å²) in [5, 5.41) is 19.3. The normalized spacial score (nSPS) is 12.8. The van der Waals surface area contributed by atoms with Gasteiger partial charge in [-0.1, -0.05) is 31.2 Å². The van der Waals surface area contributed by atoms with Gasteiger partial charge in [0.2, 0.25) is 11.8 Å². The Bertz CT molecular complexity index is 903. The fourth-order valence-corrected chi connectivity index (χ4v) is 3.52. The number of aryl methyl sites for hydroxylation is 1. The van der Waals surface area contributed by atoms with Crippen LogP contribution in [0.15, 0.2) is 42.5 Å². The van der Waals surface area contributed by atoms with E-state index in [1.165, 1.54) is 24.6 Å². The number of carbonyl (C=O) groups excluding carboxylic acids is 2. The molecule has 0 bridgehead atoms. The lowest BCUT2D eigenvalue weighted by Gasteiger charge is -2.25. The van der Waals surface area contributed by atoms with Crippen molar-refractivity contribution < 1.29 is 23.5 Å². The van der Waals surface area contributed by atoms with Crippen LogP contribution in [0.2, 0.25) is 0 Å². The van der Waals surface area contributed by atoms with E-state index in [1.807, 2.05) is 18.2 Å². The molecule has 0 aliphatic carbocycles. The molecule has 2 rings (SSSR count). The number of amides is 2. The number of hydrogen-bond acceptors (Lipinski definition) is 4. The summed E-state index contributed by atoms with van der Waals surface area (Å²) in [6.07, 6.45) is 0.606. The summed E-state index contributed by atoms with van der Waals surface area (Å²) >= 11 is 0. The molecular formula is C25H33F2N3O3. The molecule has 2 aromatic carbocycles. The van der Waals surface area contributed by atoms with Crippen LogP contribution in [0.1, 0.15) is 43.4 Å². The van der Waals surface area contributed by atoms with Crippen molar-refractivity contribution in [1.82, 2.24) is 16.0 Å². The van der Waals surface area contributed by atoms with Crippen molar-refractivity contribution in [3.05, 3.63) is 70.8 Å². The van der Waals surface area contributed by atoms with Crippen molar-refractivity contribution >= 4 is 11.8 Å². The van der Waals surface area contributed by atoms with Crippen LogP contribution in [-0.4, -0.2) is 42.2 Å². The van der Waals surface area contributed by atoms with Gasteiger partial charge in [0, 0.05) is 39.0 Å². The number of aliphatic hydroxyl groups is 1. The Kier molecular flexibility index (Phi) is 10.9. The standard InChI is InChI=1S/C25H33F2N3O3/c1-3-18-6-4-7-19(10-18)15-28-16-24(32)23(13-20-11-21(26)14-22(27)12-20)30-25(33)8-5-9-29-17(2)31/h4,6-7,10-12,14,23-24,28,32H,3,5,8-9,13,15-16H2,1-2H3,(H,29,31)(H,30,33)/t23-,24+/m0/s1. The number of aliphatic hydroxyl groups excluding tert-OH is 1. The lowest BCUT2D eigenvalue weighted by molar-refractivity contribution is -0.123. The molecule has 0 aliphatic rings. The summed E-state index contributed by atoms with van der Waals surface area (Å²) in [5.74, 6) is -1.91. The van der Waals surface area contributed by atoms with Crippen molar-refractivity contribution in [3.8, 4) is 0 Å². The van der Waals surface area contributed by atoms with Gasteiger partial charge in [-0.15, -0.1) is 0 Å². The fraction of sp³-hybridized carbons (Fsp3) is 0.440. The molecule has 0 saturated heterocycles. The summed E-state index contributed by atoms with van der Waals surface area (Å²) in [7, 11) is 0. The zero-order chi connectivity index (χ0) is 24.2. The Hall–Kier alpha value is -2.84. The maximum absolute atomic E-state index is 13.6. The van der Waals surface area contributed by atoms with E-state index in [4.69, 9.17) is 0 Å². The third-order valence-corrected chi connectivity index (χ3v) is 5.23. The Labute approximate surface area is 193 Å². The Balaban J connectivity index is 1.98. The molecule has 0 unspecified atom stereocenters. The fourth-order valence-electron chi connectivity index (χ4n) is 3.52. The minimum Gasteiger partial charge on any atom is -0.390 e.